The smallest absolute Gasteiger partial charge is 0.343 e. The molecule has 8 nitrogen and oxygen atoms in total. The van der Waals surface area contributed by atoms with Gasteiger partial charge in [0.05, 0.1) is 35.2 Å². The predicted octanol–water partition coefficient (Wildman–Crippen LogP) is 1.89. The number of oxime groups is 1. The summed E-state index contributed by atoms with van der Waals surface area (Å²) in [5, 5.41) is 23.8. The number of hydrogen-bond donors (Lipinski definition) is 2. The molecule has 0 saturated carbocycles. The van der Waals surface area contributed by atoms with Crippen LogP contribution in [-0.4, -0.2) is 32.0 Å². The summed E-state index contributed by atoms with van der Waals surface area (Å²) in [6.07, 6.45) is 1.40. The van der Waals surface area contributed by atoms with Gasteiger partial charge in [0.1, 0.15) is 6.61 Å². The van der Waals surface area contributed by atoms with E-state index in [2.05, 4.69) is 5.16 Å². The minimum Gasteiger partial charge on any atom is -0.458 e. The van der Waals surface area contributed by atoms with Crippen molar-refractivity contribution >= 4 is 23.1 Å². The van der Waals surface area contributed by atoms with Crippen molar-refractivity contribution in [1.29, 1.82) is 0 Å². The molecular weight excluding hydrogens is 374 g/mol. The Morgan fingerprint density at radius 1 is 1.34 bits per heavy atom. The van der Waals surface area contributed by atoms with Gasteiger partial charge in [0.2, 0.25) is 0 Å². The third-order valence-corrected chi connectivity index (χ3v) is 5.77. The molecule has 2 aliphatic rings. The van der Waals surface area contributed by atoms with Gasteiger partial charge in [-0.05, 0) is 18.6 Å². The lowest BCUT2D eigenvalue weighted by Gasteiger charge is -2.31. The lowest BCUT2D eigenvalue weighted by Crippen LogP contribution is -2.44. The van der Waals surface area contributed by atoms with Gasteiger partial charge in [-0.25, -0.2) is 9.78 Å². The van der Waals surface area contributed by atoms with Gasteiger partial charge in [-0.1, -0.05) is 30.3 Å². The minimum absolute atomic E-state index is 0.0941. The van der Waals surface area contributed by atoms with Gasteiger partial charge in [0.15, 0.2) is 5.60 Å². The number of rotatable bonds is 2. The van der Waals surface area contributed by atoms with Gasteiger partial charge in [-0.3, -0.25) is 4.79 Å². The number of cyclic esters (lactones) is 1. The summed E-state index contributed by atoms with van der Waals surface area (Å²) in [5.41, 5.74) is 1.72. The molecule has 0 amide bonds. The predicted molar refractivity (Wildman–Crippen MR) is 104 cm³/mol. The van der Waals surface area contributed by atoms with Crippen molar-refractivity contribution < 1.29 is 19.8 Å². The number of fused-ring (bicyclic) bond motifs is 5. The van der Waals surface area contributed by atoms with E-state index in [-0.39, 0.29) is 24.2 Å². The average molecular weight is 391 g/mol. The van der Waals surface area contributed by atoms with E-state index in [9.17, 15) is 14.7 Å². The van der Waals surface area contributed by atoms with Crippen molar-refractivity contribution in [3.05, 3.63) is 62.9 Å². The molecule has 29 heavy (non-hydrogen) atoms. The second-order valence-corrected chi connectivity index (χ2v) is 7.26. The number of ether oxygens (including phenoxy) is 1. The Morgan fingerprint density at radius 3 is 2.93 bits per heavy atom. The van der Waals surface area contributed by atoms with E-state index < -0.39 is 11.6 Å². The molecular formula is C21H17N3O5. The van der Waals surface area contributed by atoms with E-state index in [1.54, 1.807) is 23.6 Å². The van der Waals surface area contributed by atoms with Crippen LogP contribution in [0.5, 0.6) is 0 Å². The third kappa shape index (κ3) is 2.29. The number of nitrogens with zero attached hydrogens (tertiary/aromatic N) is 3. The first-order valence-corrected chi connectivity index (χ1v) is 9.25. The molecule has 3 aromatic rings. The van der Waals surface area contributed by atoms with E-state index >= 15 is 0 Å². The topological polar surface area (TPSA) is 114 Å². The number of pyridine rings is 2. The van der Waals surface area contributed by atoms with Crippen LogP contribution in [0.2, 0.25) is 0 Å². The molecule has 0 saturated heterocycles. The zero-order valence-corrected chi connectivity index (χ0v) is 15.5. The number of esters is 1. The number of aromatic nitrogens is 2. The fraction of sp³-hybridized carbons (Fsp3) is 0.238. The normalized spacial score (nSPS) is 19.9. The molecule has 146 valence electrons. The van der Waals surface area contributed by atoms with E-state index in [1.165, 1.54) is 6.21 Å². The molecule has 5 rings (SSSR count). The zero-order valence-electron chi connectivity index (χ0n) is 15.5. The average Bonchev–Trinajstić information content (AvgIpc) is 3.08. The Balaban J connectivity index is 1.80. The maximum atomic E-state index is 13.1. The van der Waals surface area contributed by atoms with E-state index in [4.69, 9.17) is 14.9 Å². The van der Waals surface area contributed by atoms with Crippen LogP contribution in [0.1, 0.15) is 35.6 Å². The summed E-state index contributed by atoms with van der Waals surface area (Å²) < 4.78 is 6.67. The molecule has 0 radical (unpaired) electrons. The highest BCUT2D eigenvalue weighted by Gasteiger charge is 2.45. The fourth-order valence-corrected chi connectivity index (χ4v) is 4.20. The number of para-hydroxylation sites is 1. The van der Waals surface area contributed by atoms with E-state index in [0.717, 1.165) is 10.9 Å². The zero-order chi connectivity index (χ0) is 20.3. The van der Waals surface area contributed by atoms with Crippen molar-refractivity contribution in [1.82, 2.24) is 9.55 Å². The Morgan fingerprint density at radius 2 is 2.17 bits per heavy atom. The van der Waals surface area contributed by atoms with Crippen molar-refractivity contribution in [2.45, 2.75) is 32.1 Å². The fourth-order valence-electron chi connectivity index (χ4n) is 4.20. The summed E-state index contributed by atoms with van der Waals surface area (Å²) in [4.78, 5) is 30.1. The molecule has 0 fully saturated rings. The summed E-state index contributed by atoms with van der Waals surface area (Å²) in [6, 6.07) is 9.14. The highest BCUT2D eigenvalue weighted by Crippen LogP contribution is 2.38. The lowest BCUT2D eigenvalue weighted by atomic mass is 9.86. The molecule has 0 unspecified atom stereocenters. The SMILES string of the molecule is CC[C@@]1(O)C(=O)OCc2c1cc1n(c2=O)Cc2cc3cccc(/C=N/O)c3nc2-1. The first-order valence-electron chi connectivity index (χ1n) is 9.25. The summed E-state index contributed by atoms with van der Waals surface area (Å²) in [6.45, 7) is 1.86. The van der Waals surface area contributed by atoms with Gasteiger partial charge in [0, 0.05) is 22.1 Å². The molecule has 2 aliphatic heterocycles. The van der Waals surface area contributed by atoms with Gasteiger partial charge in [-0.15, -0.1) is 0 Å². The molecule has 0 bridgehead atoms. The van der Waals surface area contributed by atoms with Gasteiger partial charge in [-0.2, -0.15) is 0 Å². The number of hydrogen-bond acceptors (Lipinski definition) is 7. The Labute approximate surface area is 164 Å². The summed E-state index contributed by atoms with van der Waals surface area (Å²) in [7, 11) is 0. The first kappa shape index (κ1) is 17.6. The molecule has 0 spiro atoms. The van der Waals surface area contributed by atoms with Crippen LogP contribution in [0.25, 0.3) is 22.3 Å². The van der Waals surface area contributed by atoms with Crippen LogP contribution in [0.4, 0.5) is 0 Å². The van der Waals surface area contributed by atoms with Crippen LogP contribution in [-0.2, 0) is 28.3 Å². The van der Waals surface area contributed by atoms with E-state index in [1.807, 2.05) is 18.2 Å². The number of carbonyl (C=O) groups excluding carboxylic acids is 1. The molecule has 2 N–H and O–H groups in total. The molecule has 2 aromatic heterocycles. The van der Waals surface area contributed by atoms with E-state index in [0.29, 0.717) is 34.6 Å². The lowest BCUT2D eigenvalue weighted by molar-refractivity contribution is -0.172. The largest absolute Gasteiger partial charge is 0.458 e. The Hall–Kier alpha value is -3.52. The monoisotopic (exact) mass is 391 g/mol. The van der Waals surface area contributed by atoms with Crippen LogP contribution in [0, 0.1) is 0 Å². The quantitative estimate of drug-likeness (QED) is 0.233. The molecule has 8 heteroatoms. The standard InChI is InChI=1S/C21H17N3O5/c1-2-21(27)15-7-16-18-13(9-24(16)19(25)14(15)10-29-20(21)26)6-11-4-3-5-12(8-22-28)17(11)23-18/h3-8,27-28H,2,9-10H2,1H3/b22-8+/t21-/m0/s1. The van der Waals surface area contributed by atoms with Gasteiger partial charge >= 0.3 is 5.97 Å². The van der Waals surface area contributed by atoms with Crippen LogP contribution in [0.15, 0.2) is 40.3 Å². The highest BCUT2D eigenvalue weighted by molar-refractivity contribution is 5.98. The Kier molecular flexibility index (Phi) is 3.63. The molecule has 0 aliphatic carbocycles. The molecule has 1 aromatic carbocycles. The summed E-state index contributed by atoms with van der Waals surface area (Å²) >= 11 is 0. The van der Waals surface area contributed by atoms with Crippen molar-refractivity contribution in [3.63, 3.8) is 0 Å². The van der Waals surface area contributed by atoms with Crippen LogP contribution in [0.3, 0.4) is 0 Å². The van der Waals surface area contributed by atoms with Gasteiger partial charge < -0.3 is 19.6 Å². The number of carbonyl (C=O) groups is 1. The van der Waals surface area contributed by atoms with Gasteiger partial charge in [0.25, 0.3) is 5.56 Å². The number of aliphatic hydroxyl groups is 1. The molecule has 4 heterocycles. The van der Waals surface area contributed by atoms with Crippen LogP contribution < -0.4 is 5.56 Å². The van der Waals surface area contributed by atoms with Crippen molar-refractivity contribution in [2.75, 3.05) is 0 Å². The Bertz CT molecular complexity index is 1290. The van der Waals surface area contributed by atoms with Crippen molar-refractivity contribution in [3.8, 4) is 11.4 Å². The maximum Gasteiger partial charge on any atom is 0.343 e. The first-order chi connectivity index (χ1) is 14.0. The summed E-state index contributed by atoms with van der Waals surface area (Å²) in [5.74, 6) is -0.747. The maximum absolute atomic E-state index is 13.1. The van der Waals surface area contributed by atoms with Crippen molar-refractivity contribution in [2.24, 2.45) is 5.16 Å². The van der Waals surface area contributed by atoms with Crippen LogP contribution >= 0.6 is 0 Å². The second-order valence-electron chi connectivity index (χ2n) is 7.26. The third-order valence-electron chi connectivity index (χ3n) is 5.77. The minimum atomic E-state index is -1.85. The number of benzene rings is 1. The second kappa shape index (κ2) is 5.99. The molecule has 1 atom stereocenters. The highest BCUT2D eigenvalue weighted by atomic mass is 16.6.